The molecular weight excluding hydrogens is 389 g/mol. The molecule has 0 saturated heterocycles. The van der Waals surface area contributed by atoms with Crippen LogP contribution >= 0.6 is 0 Å². The largest absolute Gasteiger partial charge is 0.453 e. The monoisotopic (exact) mass is 404 g/mol. The van der Waals surface area contributed by atoms with Gasteiger partial charge in [-0.1, -0.05) is 54.6 Å². The van der Waals surface area contributed by atoms with Crippen molar-refractivity contribution in [1.82, 2.24) is 0 Å². The van der Waals surface area contributed by atoms with Crippen molar-refractivity contribution < 1.29 is 22.4 Å². The number of fused-ring (bicyclic) bond motifs is 2. The van der Waals surface area contributed by atoms with Gasteiger partial charge in [0.1, 0.15) is 5.58 Å². The van der Waals surface area contributed by atoms with Crippen LogP contribution in [0.3, 0.4) is 0 Å². The van der Waals surface area contributed by atoms with Crippen LogP contribution in [-0.4, -0.2) is 6.29 Å². The number of carbonyl (C=O) groups excluding carboxylic acids is 1. The van der Waals surface area contributed by atoms with Crippen LogP contribution in [-0.2, 0) is 6.18 Å². The molecule has 30 heavy (non-hydrogen) atoms. The summed E-state index contributed by atoms with van der Waals surface area (Å²) in [5.74, 6) is -0.226. The summed E-state index contributed by atoms with van der Waals surface area (Å²) in [5.41, 5.74) is 3.20. The van der Waals surface area contributed by atoms with E-state index in [0.29, 0.717) is 17.4 Å². The highest BCUT2D eigenvalue weighted by molar-refractivity contribution is 5.98. The van der Waals surface area contributed by atoms with Gasteiger partial charge in [-0.3, -0.25) is 4.79 Å². The van der Waals surface area contributed by atoms with E-state index in [0.717, 1.165) is 28.1 Å². The zero-order valence-corrected chi connectivity index (χ0v) is 15.6. The summed E-state index contributed by atoms with van der Waals surface area (Å²) in [6, 6.07) is 20.3. The quantitative estimate of drug-likeness (QED) is 0.346. The predicted molar refractivity (Wildman–Crippen MR) is 109 cm³/mol. The summed E-state index contributed by atoms with van der Waals surface area (Å²) in [6.07, 6.45) is -2.02. The van der Waals surface area contributed by atoms with E-state index in [4.69, 9.17) is 4.42 Å². The van der Waals surface area contributed by atoms with Gasteiger partial charge in [-0.15, -0.1) is 0 Å². The van der Waals surface area contributed by atoms with Gasteiger partial charge >= 0.3 is 6.18 Å². The van der Waals surface area contributed by atoms with E-state index in [-0.39, 0.29) is 11.3 Å². The first-order chi connectivity index (χ1) is 14.5. The van der Waals surface area contributed by atoms with Gasteiger partial charge in [0.15, 0.2) is 12.0 Å². The molecular formula is C25H15F3O2. The van der Waals surface area contributed by atoms with E-state index < -0.39 is 17.7 Å². The second kappa shape index (κ2) is 6.73. The number of aldehydes is 1. The Bertz CT molecular complexity index is 1310. The molecule has 1 aliphatic rings. The fraction of sp³-hybridized carbons (Fsp3) is 0.0800. The zero-order chi connectivity index (χ0) is 20.9. The van der Waals surface area contributed by atoms with Crippen LogP contribution in [0.2, 0.25) is 0 Å². The van der Waals surface area contributed by atoms with E-state index >= 15 is 0 Å². The maximum absolute atomic E-state index is 13.8. The Hall–Kier alpha value is -3.60. The van der Waals surface area contributed by atoms with Crippen molar-refractivity contribution in [2.45, 2.75) is 12.1 Å². The van der Waals surface area contributed by atoms with E-state index in [1.807, 2.05) is 36.4 Å². The molecule has 0 fully saturated rings. The minimum atomic E-state index is -4.47. The zero-order valence-electron chi connectivity index (χ0n) is 15.6. The SMILES string of the molecule is O=Cc1cc2c(C3C(c4ccccc4C(F)(F)F)=Cc4ccccc43)cccc2o1. The van der Waals surface area contributed by atoms with Crippen molar-refractivity contribution in [1.29, 1.82) is 0 Å². The van der Waals surface area contributed by atoms with Gasteiger partial charge in [0.25, 0.3) is 0 Å². The van der Waals surface area contributed by atoms with Crippen molar-refractivity contribution >= 4 is 28.9 Å². The molecule has 1 unspecified atom stereocenters. The lowest BCUT2D eigenvalue weighted by Gasteiger charge is -2.21. The fourth-order valence-electron chi connectivity index (χ4n) is 4.29. The summed E-state index contributed by atoms with van der Waals surface area (Å²) < 4.78 is 46.9. The van der Waals surface area contributed by atoms with Crippen LogP contribution in [0.25, 0.3) is 22.6 Å². The second-order valence-corrected chi connectivity index (χ2v) is 7.23. The topological polar surface area (TPSA) is 30.2 Å². The first-order valence-corrected chi connectivity index (χ1v) is 9.42. The summed E-state index contributed by atoms with van der Waals surface area (Å²) in [7, 11) is 0. The molecule has 2 nitrogen and oxygen atoms in total. The van der Waals surface area contributed by atoms with E-state index in [9.17, 15) is 18.0 Å². The van der Waals surface area contributed by atoms with Gasteiger partial charge in [0.2, 0.25) is 0 Å². The lowest BCUT2D eigenvalue weighted by atomic mass is 9.82. The number of furan rings is 1. The van der Waals surface area contributed by atoms with Crippen LogP contribution in [0.5, 0.6) is 0 Å². The molecule has 1 aromatic heterocycles. The molecule has 1 atom stereocenters. The van der Waals surface area contributed by atoms with E-state index in [2.05, 4.69) is 0 Å². The molecule has 0 N–H and O–H groups in total. The number of alkyl halides is 3. The van der Waals surface area contributed by atoms with Crippen LogP contribution < -0.4 is 0 Å². The molecule has 1 aliphatic carbocycles. The Morgan fingerprint density at radius 1 is 0.867 bits per heavy atom. The Kier molecular flexibility index (Phi) is 4.13. The molecule has 4 aromatic rings. The normalized spacial score (nSPS) is 15.8. The lowest BCUT2D eigenvalue weighted by Crippen LogP contribution is -2.11. The molecule has 1 heterocycles. The Morgan fingerprint density at radius 2 is 1.60 bits per heavy atom. The fourth-order valence-corrected chi connectivity index (χ4v) is 4.29. The van der Waals surface area contributed by atoms with E-state index in [1.54, 1.807) is 24.3 Å². The molecule has 5 heteroatoms. The van der Waals surface area contributed by atoms with Crippen molar-refractivity contribution in [3.05, 3.63) is 106 Å². The highest BCUT2D eigenvalue weighted by atomic mass is 19.4. The van der Waals surface area contributed by atoms with Crippen molar-refractivity contribution in [2.75, 3.05) is 0 Å². The number of rotatable bonds is 3. The van der Waals surface area contributed by atoms with Gasteiger partial charge in [-0.2, -0.15) is 13.2 Å². The molecule has 5 rings (SSSR count). The van der Waals surface area contributed by atoms with Gasteiger partial charge in [0, 0.05) is 11.3 Å². The minimum absolute atomic E-state index is 0.155. The van der Waals surface area contributed by atoms with Gasteiger partial charge in [-0.25, -0.2) is 0 Å². The standard InChI is InChI=1S/C25H15F3O2/c26-25(27,28)22-10-4-3-8-18(22)21-12-15-6-1-2-7-17(15)24(21)19-9-5-11-23-20(19)13-16(14-29)30-23/h1-14,24H. The van der Waals surface area contributed by atoms with Gasteiger partial charge < -0.3 is 4.42 Å². The second-order valence-electron chi connectivity index (χ2n) is 7.23. The molecule has 148 valence electrons. The number of halogens is 3. The molecule has 0 radical (unpaired) electrons. The average Bonchev–Trinajstić information content (AvgIpc) is 3.34. The van der Waals surface area contributed by atoms with Crippen molar-refractivity contribution in [3.8, 4) is 0 Å². The van der Waals surface area contributed by atoms with Crippen LogP contribution in [0.1, 0.15) is 44.3 Å². The van der Waals surface area contributed by atoms with Gasteiger partial charge in [0.05, 0.1) is 5.56 Å². The number of allylic oxidation sites excluding steroid dienone is 1. The van der Waals surface area contributed by atoms with E-state index in [1.165, 1.54) is 12.1 Å². The van der Waals surface area contributed by atoms with Crippen molar-refractivity contribution in [3.63, 3.8) is 0 Å². The summed E-state index contributed by atoms with van der Waals surface area (Å²) in [5, 5.41) is 0.719. The molecule has 0 spiro atoms. The summed E-state index contributed by atoms with van der Waals surface area (Å²) in [4.78, 5) is 11.2. The molecule has 0 amide bonds. The smallest absolute Gasteiger partial charge is 0.416 e. The third-order valence-corrected chi connectivity index (χ3v) is 5.51. The number of benzene rings is 3. The molecule has 0 aliphatic heterocycles. The third-order valence-electron chi connectivity index (χ3n) is 5.51. The van der Waals surface area contributed by atoms with Gasteiger partial charge in [-0.05, 0) is 52.1 Å². The van der Waals surface area contributed by atoms with Crippen LogP contribution in [0, 0.1) is 0 Å². The Balaban J connectivity index is 1.78. The Morgan fingerprint density at radius 3 is 2.40 bits per heavy atom. The lowest BCUT2D eigenvalue weighted by molar-refractivity contribution is -0.137. The summed E-state index contributed by atoms with van der Waals surface area (Å²) >= 11 is 0. The highest BCUT2D eigenvalue weighted by Crippen LogP contribution is 2.50. The number of carbonyl (C=O) groups is 1. The minimum Gasteiger partial charge on any atom is -0.453 e. The van der Waals surface area contributed by atoms with Crippen LogP contribution in [0.15, 0.2) is 77.2 Å². The average molecular weight is 404 g/mol. The molecule has 3 aromatic carbocycles. The first kappa shape index (κ1) is 18.4. The third kappa shape index (κ3) is 2.86. The molecule has 0 bridgehead atoms. The number of hydrogen-bond acceptors (Lipinski definition) is 2. The Labute approximate surface area is 170 Å². The first-order valence-electron chi connectivity index (χ1n) is 9.42. The molecule has 0 saturated carbocycles. The summed E-state index contributed by atoms with van der Waals surface area (Å²) in [6.45, 7) is 0. The van der Waals surface area contributed by atoms with Crippen LogP contribution in [0.4, 0.5) is 13.2 Å². The van der Waals surface area contributed by atoms with Crippen molar-refractivity contribution in [2.24, 2.45) is 0 Å². The highest BCUT2D eigenvalue weighted by Gasteiger charge is 2.37. The maximum atomic E-state index is 13.8. The number of hydrogen-bond donors (Lipinski definition) is 0. The maximum Gasteiger partial charge on any atom is 0.416 e. The predicted octanol–water partition coefficient (Wildman–Crippen LogP) is 6.95.